The van der Waals surface area contributed by atoms with Gasteiger partial charge in [-0.1, -0.05) is 0 Å². The van der Waals surface area contributed by atoms with E-state index < -0.39 is 24.2 Å². The van der Waals surface area contributed by atoms with Crippen molar-refractivity contribution in [1.29, 1.82) is 5.26 Å². The fourth-order valence-electron chi connectivity index (χ4n) is 3.53. The second-order valence-electron chi connectivity index (χ2n) is 7.01. The molecular weight excluding hydrogens is 387 g/mol. The summed E-state index contributed by atoms with van der Waals surface area (Å²) in [4.78, 5) is 35.7. The molecule has 158 valence electrons. The van der Waals surface area contributed by atoms with E-state index in [9.17, 15) is 9.18 Å². The maximum absolute atomic E-state index is 13.4. The quantitative estimate of drug-likeness (QED) is 0.551. The number of carbonyl (C=O) groups excluding carboxylic acids is 1. The monoisotopic (exact) mass is 410 g/mol. The van der Waals surface area contributed by atoms with Crippen LogP contribution in [0, 0.1) is 17.2 Å². The van der Waals surface area contributed by atoms with Crippen molar-refractivity contribution in [3.63, 3.8) is 0 Å². The Morgan fingerprint density at radius 2 is 1.97 bits per heavy atom. The highest BCUT2D eigenvalue weighted by Crippen LogP contribution is 2.27. The number of carbonyl (C=O) groups is 3. The molecule has 0 unspecified atom stereocenters. The Kier molecular flexibility index (Phi) is 8.02. The molecule has 0 bridgehead atoms. The lowest BCUT2D eigenvalue weighted by Crippen LogP contribution is -2.43. The van der Waals surface area contributed by atoms with Crippen LogP contribution in [0.2, 0.25) is 0 Å². The molecule has 11 nitrogen and oxygen atoms in total. The van der Waals surface area contributed by atoms with Crippen molar-refractivity contribution in [3.05, 3.63) is 12.7 Å². The van der Waals surface area contributed by atoms with Gasteiger partial charge in [-0.3, -0.25) is 9.48 Å². The first-order valence-electron chi connectivity index (χ1n) is 9.15. The third-order valence-electron chi connectivity index (χ3n) is 4.90. The average Bonchev–Trinajstić information content (AvgIpc) is 3.42. The Morgan fingerprint density at radius 3 is 2.55 bits per heavy atom. The van der Waals surface area contributed by atoms with E-state index in [0.717, 1.165) is 25.8 Å². The Morgan fingerprint density at radius 1 is 1.24 bits per heavy atom. The lowest BCUT2D eigenvalue weighted by molar-refractivity contribution is -0.159. The van der Waals surface area contributed by atoms with E-state index in [1.54, 1.807) is 6.33 Å². The van der Waals surface area contributed by atoms with Gasteiger partial charge in [0.25, 0.3) is 0 Å². The van der Waals surface area contributed by atoms with Crippen molar-refractivity contribution in [1.82, 2.24) is 25.0 Å². The van der Waals surface area contributed by atoms with Gasteiger partial charge in [-0.25, -0.2) is 19.0 Å². The van der Waals surface area contributed by atoms with E-state index in [4.69, 9.17) is 25.1 Å². The number of hydrogen-bond donors (Lipinski definition) is 3. The van der Waals surface area contributed by atoms with Crippen molar-refractivity contribution in [2.75, 3.05) is 13.1 Å². The molecule has 3 N–H and O–H groups in total. The molecule has 1 saturated carbocycles. The van der Waals surface area contributed by atoms with Crippen molar-refractivity contribution >= 4 is 17.8 Å². The smallest absolute Gasteiger partial charge is 0.414 e. The maximum Gasteiger partial charge on any atom is 0.414 e. The predicted octanol–water partition coefficient (Wildman–Crippen LogP) is -0.345. The Hall–Kier alpha value is -3.07. The van der Waals surface area contributed by atoms with E-state index >= 15 is 0 Å². The zero-order valence-corrected chi connectivity index (χ0v) is 15.6. The van der Waals surface area contributed by atoms with Gasteiger partial charge in [0.15, 0.2) is 0 Å². The lowest BCUT2D eigenvalue weighted by Gasteiger charge is -2.21. The molecule has 1 saturated heterocycles. The van der Waals surface area contributed by atoms with Crippen LogP contribution in [-0.4, -0.2) is 79.1 Å². The summed E-state index contributed by atoms with van der Waals surface area (Å²) in [5, 5.41) is 31.2. The number of aliphatic carboxylic acids is 2. The van der Waals surface area contributed by atoms with Crippen LogP contribution >= 0.6 is 0 Å². The first kappa shape index (κ1) is 22.2. The van der Waals surface area contributed by atoms with E-state index in [-0.39, 0.29) is 31.5 Å². The molecule has 12 heteroatoms. The molecule has 29 heavy (non-hydrogen) atoms. The van der Waals surface area contributed by atoms with Crippen molar-refractivity contribution in [2.24, 2.45) is 5.92 Å². The molecule has 0 spiro atoms. The predicted molar refractivity (Wildman–Crippen MR) is 95.1 cm³/mol. The zero-order chi connectivity index (χ0) is 21.4. The van der Waals surface area contributed by atoms with E-state index in [1.165, 1.54) is 11.2 Å². The molecule has 4 atom stereocenters. The van der Waals surface area contributed by atoms with Gasteiger partial charge in [0.1, 0.15) is 24.9 Å². The van der Waals surface area contributed by atoms with Crippen LogP contribution in [0.25, 0.3) is 0 Å². The molecule has 1 aliphatic carbocycles. The summed E-state index contributed by atoms with van der Waals surface area (Å²) in [5.74, 6) is -3.31. The number of likely N-dealkylation sites (tertiary alicyclic amines) is 1. The van der Waals surface area contributed by atoms with Gasteiger partial charge in [-0.2, -0.15) is 10.4 Å². The summed E-state index contributed by atoms with van der Waals surface area (Å²) in [5.41, 5.74) is 0. The number of nitrogens with zero attached hydrogens (tertiary/aromatic N) is 5. The van der Waals surface area contributed by atoms with E-state index in [1.807, 2.05) is 10.8 Å². The minimum Gasteiger partial charge on any atom is -0.473 e. The van der Waals surface area contributed by atoms with Crippen LogP contribution in [0.5, 0.6) is 0 Å². The second-order valence-corrected chi connectivity index (χ2v) is 7.01. The standard InChI is InChI=1S/C15H21FN6O.C2H2O4/c16-12-4-14(5-17)22(8-12)15(23)6-19-13-2-1-11(3-13)7-21-10-18-9-20-21;3-1(4)2(5)6/h9-14,19H,1-4,6-8H2;(H,3,4)(H,5,6)/t11-,12-,13+,14-;/m0./s1. The van der Waals surface area contributed by atoms with Crippen molar-refractivity contribution < 1.29 is 29.0 Å². The number of amides is 1. The Balaban J connectivity index is 0.000000438. The van der Waals surface area contributed by atoms with Crippen LogP contribution in [0.4, 0.5) is 4.39 Å². The minimum atomic E-state index is -1.82. The number of nitrogens with one attached hydrogen (secondary N) is 1. The Bertz CT molecular complexity index is 740. The first-order valence-corrected chi connectivity index (χ1v) is 9.15. The van der Waals surface area contributed by atoms with Crippen molar-refractivity contribution in [3.8, 4) is 6.07 Å². The molecule has 0 aromatic carbocycles. The van der Waals surface area contributed by atoms with Gasteiger partial charge in [-0.15, -0.1) is 0 Å². The number of alkyl halides is 1. The van der Waals surface area contributed by atoms with Gasteiger partial charge in [-0.05, 0) is 25.2 Å². The average molecular weight is 410 g/mol. The number of nitriles is 1. The number of halogens is 1. The van der Waals surface area contributed by atoms with Crippen LogP contribution < -0.4 is 5.32 Å². The summed E-state index contributed by atoms with van der Waals surface area (Å²) < 4.78 is 15.2. The van der Waals surface area contributed by atoms with Crippen LogP contribution in [-0.2, 0) is 20.9 Å². The Labute approximate surface area is 166 Å². The number of aromatic nitrogens is 3. The summed E-state index contributed by atoms with van der Waals surface area (Å²) >= 11 is 0. The second kappa shape index (κ2) is 10.5. The summed E-state index contributed by atoms with van der Waals surface area (Å²) in [7, 11) is 0. The molecule has 1 aromatic rings. The van der Waals surface area contributed by atoms with Crippen LogP contribution in [0.1, 0.15) is 25.7 Å². The van der Waals surface area contributed by atoms with E-state index in [0.29, 0.717) is 5.92 Å². The van der Waals surface area contributed by atoms with Gasteiger partial charge in [0, 0.05) is 19.0 Å². The van der Waals surface area contributed by atoms with Crippen molar-refractivity contribution in [2.45, 2.75) is 50.5 Å². The molecule has 2 aliphatic rings. The van der Waals surface area contributed by atoms with Gasteiger partial charge in [0.2, 0.25) is 5.91 Å². The molecule has 0 radical (unpaired) electrons. The number of carboxylic acid groups (broad SMARTS) is 2. The highest BCUT2D eigenvalue weighted by Gasteiger charge is 2.35. The molecule has 3 rings (SSSR count). The van der Waals surface area contributed by atoms with Crippen LogP contribution in [0.15, 0.2) is 12.7 Å². The molecule has 1 aromatic heterocycles. The maximum atomic E-state index is 13.4. The highest BCUT2D eigenvalue weighted by molar-refractivity contribution is 6.27. The van der Waals surface area contributed by atoms with Crippen LogP contribution in [0.3, 0.4) is 0 Å². The lowest BCUT2D eigenvalue weighted by atomic mass is 10.1. The summed E-state index contributed by atoms with van der Waals surface area (Å²) in [6, 6.07) is 1.67. The molecule has 1 aliphatic heterocycles. The fraction of sp³-hybridized carbons (Fsp3) is 0.647. The third kappa shape index (κ3) is 6.79. The van der Waals surface area contributed by atoms with Gasteiger partial charge in [0.05, 0.1) is 19.2 Å². The van der Waals surface area contributed by atoms with Gasteiger partial charge < -0.3 is 20.4 Å². The topological polar surface area (TPSA) is 161 Å². The first-order chi connectivity index (χ1) is 13.8. The third-order valence-corrected chi connectivity index (χ3v) is 4.90. The molecule has 2 heterocycles. The summed E-state index contributed by atoms with van der Waals surface area (Å²) in [6.07, 6.45) is 5.38. The fourth-order valence-corrected chi connectivity index (χ4v) is 3.53. The number of carboxylic acids is 2. The molecule has 1 amide bonds. The number of hydrogen-bond acceptors (Lipinski definition) is 7. The SMILES string of the molecule is N#C[C@@H]1C[C@H](F)CN1C(=O)CN[C@@H]1CC[C@H](Cn2cncn2)C1.O=C(O)C(=O)O. The zero-order valence-electron chi connectivity index (χ0n) is 15.6. The normalized spacial score (nSPS) is 25.7. The minimum absolute atomic E-state index is 0.0400. The molecule has 2 fully saturated rings. The summed E-state index contributed by atoms with van der Waals surface area (Å²) in [6.45, 7) is 1.06. The number of rotatable bonds is 5. The molecular formula is C17H23FN6O5. The van der Waals surface area contributed by atoms with Gasteiger partial charge >= 0.3 is 11.9 Å². The highest BCUT2D eigenvalue weighted by atomic mass is 19.1. The largest absolute Gasteiger partial charge is 0.473 e. The van der Waals surface area contributed by atoms with E-state index in [2.05, 4.69) is 15.4 Å².